The summed E-state index contributed by atoms with van der Waals surface area (Å²) in [5, 5.41) is 2.37. The van der Waals surface area contributed by atoms with Gasteiger partial charge in [-0.15, -0.1) is 0 Å². The zero-order valence-corrected chi connectivity index (χ0v) is 17.6. The van der Waals surface area contributed by atoms with Gasteiger partial charge in [-0.2, -0.15) is 0 Å². The van der Waals surface area contributed by atoms with Crippen molar-refractivity contribution in [2.45, 2.75) is 26.3 Å². The number of hydrogen-bond donors (Lipinski definition) is 1. The van der Waals surface area contributed by atoms with Crippen molar-refractivity contribution < 1.29 is 27.8 Å². The van der Waals surface area contributed by atoms with E-state index in [9.17, 15) is 18.4 Å². The SMILES string of the molecule is CCOCC1=C(c2ccccc2)C(=O)N(C(C)(C)C(=O)Nc2cc(F)ccc2F)CO1. The maximum Gasteiger partial charge on any atom is 0.261 e. The van der Waals surface area contributed by atoms with Crippen molar-refractivity contribution in [1.82, 2.24) is 4.90 Å². The minimum absolute atomic E-state index is 0.113. The second-order valence-electron chi connectivity index (χ2n) is 7.45. The van der Waals surface area contributed by atoms with Crippen molar-refractivity contribution in [2.24, 2.45) is 0 Å². The van der Waals surface area contributed by atoms with Gasteiger partial charge >= 0.3 is 0 Å². The molecule has 0 aromatic heterocycles. The lowest BCUT2D eigenvalue weighted by atomic mass is 9.96. The molecule has 0 unspecified atom stereocenters. The van der Waals surface area contributed by atoms with Gasteiger partial charge in [-0.3, -0.25) is 14.5 Å². The molecule has 1 N–H and O–H groups in total. The Bertz CT molecular complexity index is 1010. The molecule has 6 nitrogen and oxygen atoms in total. The van der Waals surface area contributed by atoms with Crippen LogP contribution in [0.4, 0.5) is 14.5 Å². The first kappa shape index (κ1) is 22.4. The summed E-state index contributed by atoms with van der Waals surface area (Å²) < 4.78 is 38.7. The summed E-state index contributed by atoms with van der Waals surface area (Å²) >= 11 is 0. The molecule has 2 aromatic carbocycles. The molecule has 0 fully saturated rings. The van der Waals surface area contributed by atoms with Crippen LogP contribution < -0.4 is 5.32 Å². The van der Waals surface area contributed by atoms with Crippen LogP contribution >= 0.6 is 0 Å². The molecule has 0 aliphatic carbocycles. The van der Waals surface area contributed by atoms with Crippen molar-refractivity contribution in [1.29, 1.82) is 0 Å². The minimum Gasteiger partial charge on any atom is -0.474 e. The Balaban J connectivity index is 1.91. The largest absolute Gasteiger partial charge is 0.474 e. The number of nitrogens with one attached hydrogen (secondary N) is 1. The molecule has 0 spiro atoms. The zero-order valence-electron chi connectivity index (χ0n) is 17.6. The monoisotopic (exact) mass is 430 g/mol. The molecule has 164 valence electrons. The molecule has 0 radical (unpaired) electrons. The fourth-order valence-electron chi connectivity index (χ4n) is 3.13. The first-order chi connectivity index (χ1) is 14.8. The van der Waals surface area contributed by atoms with Gasteiger partial charge in [0.15, 0.2) is 6.73 Å². The Hall–Kier alpha value is -3.26. The standard InChI is InChI=1S/C23H24F2N2O4/c1-4-30-13-19-20(15-8-6-5-7-9-15)21(28)27(14-31-19)23(2,3)22(29)26-18-12-16(24)10-11-17(18)25/h5-12H,4,13-14H2,1-3H3,(H,26,29). The molecule has 3 rings (SSSR count). The lowest BCUT2D eigenvalue weighted by molar-refractivity contribution is -0.147. The van der Waals surface area contributed by atoms with E-state index >= 15 is 0 Å². The summed E-state index contributed by atoms with van der Waals surface area (Å²) in [6.45, 7) is 5.22. The molecule has 0 saturated heterocycles. The quantitative estimate of drug-likeness (QED) is 0.723. The highest BCUT2D eigenvalue weighted by Gasteiger charge is 2.43. The predicted octanol–water partition coefficient (Wildman–Crippen LogP) is 3.95. The average Bonchev–Trinajstić information content (AvgIpc) is 2.75. The number of carbonyl (C=O) groups is 2. The Kier molecular flexibility index (Phi) is 6.70. The molecule has 0 saturated carbocycles. The van der Waals surface area contributed by atoms with Crippen LogP contribution in [0, 0.1) is 11.6 Å². The number of amides is 2. The number of benzene rings is 2. The van der Waals surface area contributed by atoms with Crippen LogP contribution in [0.5, 0.6) is 0 Å². The van der Waals surface area contributed by atoms with Crippen molar-refractivity contribution in [3.63, 3.8) is 0 Å². The predicted molar refractivity (Wildman–Crippen MR) is 112 cm³/mol. The second kappa shape index (κ2) is 9.26. The molecule has 2 amide bonds. The third-order valence-electron chi connectivity index (χ3n) is 5.01. The van der Waals surface area contributed by atoms with Gasteiger partial charge in [0.05, 0.1) is 11.3 Å². The lowest BCUT2D eigenvalue weighted by Crippen LogP contribution is -2.57. The van der Waals surface area contributed by atoms with Gasteiger partial charge < -0.3 is 14.8 Å². The maximum absolute atomic E-state index is 14.0. The number of carbonyl (C=O) groups excluding carboxylic acids is 2. The van der Waals surface area contributed by atoms with Crippen molar-refractivity contribution in [2.75, 3.05) is 25.3 Å². The summed E-state index contributed by atoms with van der Waals surface area (Å²) in [4.78, 5) is 27.6. The number of halogens is 2. The molecular formula is C23H24F2N2O4. The van der Waals surface area contributed by atoms with Gasteiger partial charge in [0.2, 0.25) is 5.91 Å². The van der Waals surface area contributed by atoms with Gasteiger partial charge in [0, 0.05) is 12.7 Å². The Morgan fingerprint density at radius 2 is 1.90 bits per heavy atom. The van der Waals surface area contributed by atoms with E-state index in [0.717, 1.165) is 18.2 Å². The molecule has 8 heteroatoms. The van der Waals surface area contributed by atoms with Gasteiger partial charge in [0.1, 0.15) is 29.5 Å². The van der Waals surface area contributed by atoms with Crippen LogP contribution in [-0.4, -0.2) is 42.2 Å². The summed E-state index contributed by atoms with van der Waals surface area (Å²) in [5.41, 5.74) is -0.816. The molecule has 2 aromatic rings. The third kappa shape index (κ3) is 4.74. The van der Waals surface area contributed by atoms with Crippen LogP contribution in [0.2, 0.25) is 0 Å². The molecule has 0 bridgehead atoms. The number of anilines is 1. The van der Waals surface area contributed by atoms with E-state index in [2.05, 4.69) is 5.32 Å². The Morgan fingerprint density at radius 3 is 2.58 bits per heavy atom. The summed E-state index contributed by atoms with van der Waals surface area (Å²) in [6.07, 6.45) is 0. The van der Waals surface area contributed by atoms with Crippen molar-refractivity contribution >= 4 is 23.1 Å². The topological polar surface area (TPSA) is 67.9 Å². The number of ether oxygens (including phenoxy) is 2. The van der Waals surface area contributed by atoms with E-state index < -0.39 is 29.0 Å². The van der Waals surface area contributed by atoms with Gasteiger partial charge in [-0.05, 0) is 38.5 Å². The summed E-state index contributed by atoms with van der Waals surface area (Å²) in [5.74, 6) is -2.21. The highest BCUT2D eigenvalue weighted by Crippen LogP contribution is 2.31. The van der Waals surface area contributed by atoms with E-state index in [1.165, 1.54) is 18.7 Å². The lowest BCUT2D eigenvalue weighted by Gasteiger charge is -2.40. The van der Waals surface area contributed by atoms with Gasteiger partial charge in [0.25, 0.3) is 5.91 Å². The molecule has 1 aliphatic rings. The van der Waals surface area contributed by atoms with Crippen LogP contribution in [-0.2, 0) is 19.1 Å². The molecule has 1 aliphatic heterocycles. The third-order valence-corrected chi connectivity index (χ3v) is 5.01. The minimum atomic E-state index is -1.42. The normalized spacial score (nSPS) is 14.5. The van der Waals surface area contributed by atoms with E-state index in [4.69, 9.17) is 9.47 Å². The van der Waals surface area contributed by atoms with E-state index in [1.807, 2.05) is 13.0 Å². The van der Waals surface area contributed by atoms with Crippen LogP contribution in [0.15, 0.2) is 54.3 Å². The van der Waals surface area contributed by atoms with Crippen LogP contribution in [0.1, 0.15) is 26.3 Å². The molecule has 1 heterocycles. The summed E-state index contributed by atoms with van der Waals surface area (Å²) in [6, 6.07) is 11.7. The first-order valence-corrected chi connectivity index (χ1v) is 9.83. The molecule has 0 atom stereocenters. The van der Waals surface area contributed by atoms with E-state index in [1.54, 1.807) is 24.3 Å². The fourth-order valence-corrected chi connectivity index (χ4v) is 3.13. The van der Waals surface area contributed by atoms with Crippen molar-refractivity contribution in [3.05, 3.63) is 71.5 Å². The van der Waals surface area contributed by atoms with Crippen molar-refractivity contribution in [3.8, 4) is 0 Å². The van der Waals surface area contributed by atoms with Gasteiger partial charge in [-0.1, -0.05) is 30.3 Å². The summed E-state index contributed by atoms with van der Waals surface area (Å²) in [7, 11) is 0. The maximum atomic E-state index is 14.0. The van der Waals surface area contributed by atoms with Crippen LogP contribution in [0.3, 0.4) is 0 Å². The number of nitrogens with zero attached hydrogens (tertiary/aromatic N) is 1. The fraction of sp³-hybridized carbons (Fsp3) is 0.304. The second-order valence-corrected chi connectivity index (χ2v) is 7.45. The van der Waals surface area contributed by atoms with Gasteiger partial charge in [-0.25, -0.2) is 8.78 Å². The highest BCUT2D eigenvalue weighted by molar-refractivity contribution is 6.22. The average molecular weight is 430 g/mol. The van der Waals surface area contributed by atoms with Crippen LogP contribution in [0.25, 0.3) is 5.57 Å². The number of rotatable bonds is 7. The zero-order chi connectivity index (χ0) is 22.6. The molecular weight excluding hydrogens is 406 g/mol. The number of hydrogen-bond acceptors (Lipinski definition) is 4. The molecule has 31 heavy (non-hydrogen) atoms. The van der Waals surface area contributed by atoms with E-state index in [-0.39, 0.29) is 24.6 Å². The highest BCUT2D eigenvalue weighted by atomic mass is 19.1. The smallest absolute Gasteiger partial charge is 0.261 e. The van der Waals surface area contributed by atoms with E-state index in [0.29, 0.717) is 17.9 Å². The Morgan fingerprint density at radius 1 is 1.19 bits per heavy atom. The Labute approximate surface area is 179 Å². The first-order valence-electron chi connectivity index (χ1n) is 9.83.